The van der Waals surface area contributed by atoms with E-state index in [1.165, 1.54) is 7.11 Å². The second-order valence-electron chi connectivity index (χ2n) is 5.34. The number of likely N-dealkylation sites (tertiary alicyclic amines) is 1. The number of rotatable bonds is 7. The van der Waals surface area contributed by atoms with Crippen LogP contribution in [0.4, 0.5) is 0 Å². The van der Waals surface area contributed by atoms with Crippen LogP contribution in [0.15, 0.2) is 0 Å². The third kappa shape index (κ3) is 4.22. The monoisotopic (exact) mass is 269 g/mol. The summed E-state index contributed by atoms with van der Waals surface area (Å²) in [7, 11) is 1.39. The Labute approximate surface area is 116 Å². The van der Waals surface area contributed by atoms with Crippen LogP contribution in [0.2, 0.25) is 0 Å². The van der Waals surface area contributed by atoms with Gasteiger partial charge in [0.2, 0.25) is 5.91 Å². The van der Waals surface area contributed by atoms with Crippen LogP contribution >= 0.6 is 0 Å². The highest BCUT2D eigenvalue weighted by Crippen LogP contribution is 2.25. The average molecular weight is 269 g/mol. The summed E-state index contributed by atoms with van der Waals surface area (Å²) >= 11 is 0. The van der Waals surface area contributed by atoms with Crippen LogP contribution in [0.25, 0.3) is 0 Å². The molecule has 2 atom stereocenters. The highest BCUT2D eigenvalue weighted by Gasteiger charge is 2.37. The number of carbonyl (C=O) groups is 2. The van der Waals surface area contributed by atoms with Crippen molar-refractivity contribution < 1.29 is 14.3 Å². The number of nitrogens with zero attached hydrogens (tertiary/aromatic N) is 1. The van der Waals surface area contributed by atoms with Gasteiger partial charge in [-0.1, -0.05) is 33.1 Å². The van der Waals surface area contributed by atoms with Crippen LogP contribution in [0.3, 0.4) is 0 Å². The summed E-state index contributed by atoms with van der Waals surface area (Å²) < 4.78 is 4.80. The largest absolute Gasteiger partial charge is 0.467 e. The first kappa shape index (κ1) is 16.0. The topological polar surface area (TPSA) is 46.6 Å². The molecule has 0 aromatic rings. The number of amides is 1. The molecular weight excluding hydrogens is 242 g/mol. The first-order chi connectivity index (χ1) is 9.15. The molecule has 2 unspecified atom stereocenters. The van der Waals surface area contributed by atoms with Crippen molar-refractivity contribution in [3.63, 3.8) is 0 Å². The Hall–Kier alpha value is -1.06. The Balaban J connectivity index is 2.68. The molecule has 1 amide bonds. The lowest BCUT2D eigenvalue weighted by atomic mass is 9.95. The maximum atomic E-state index is 12.6. The molecule has 1 fully saturated rings. The summed E-state index contributed by atoms with van der Waals surface area (Å²) in [6, 6.07) is -0.349. The Morgan fingerprint density at radius 2 is 2.00 bits per heavy atom. The lowest BCUT2D eigenvalue weighted by Gasteiger charge is -2.27. The van der Waals surface area contributed by atoms with Gasteiger partial charge in [-0.25, -0.2) is 4.79 Å². The Morgan fingerprint density at radius 3 is 2.58 bits per heavy atom. The summed E-state index contributed by atoms with van der Waals surface area (Å²) in [6.45, 7) is 4.94. The lowest BCUT2D eigenvalue weighted by Crippen LogP contribution is -2.44. The van der Waals surface area contributed by atoms with E-state index in [0.29, 0.717) is 6.54 Å². The van der Waals surface area contributed by atoms with Crippen LogP contribution < -0.4 is 0 Å². The zero-order chi connectivity index (χ0) is 14.3. The fourth-order valence-corrected chi connectivity index (χ4v) is 2.84. The van der Waals surface area contributed by atoms with Crippen molar-refractivity contribution in [3.05, 3.63) is 0 Å². The fraction of sp³-hybridized carbons (Fsp3) is 0.867. The van der Waals surface area contributed by atoms with Crippen LogP contribution in [0.1, 0.15) is 58.8 Å². The van der Waals surface area contributed by atoms with Gasteiger partial charge < -0.3 is 9.64 Å². The molecule has 1 heterocycles. The first-order valence-corrected chi connectivity index (χ1v) is 7.53. The summed E-state index contributed by atoms with van der Waals surface area (Å²) in [5, 5.41) is 0. The second kappa shape index (κ2) is 8.18. The van der Waals surface area contributed by atoms with Gasteiger partial charge in [0, 0.05) is 12.5 Å². The van der Waals surface area contributed by atoms with Gasteiger partial charge in [-0.3, -0.25) is 4.79 Å². The molecule has 0 radical (unpaired) electrons. The van der Waals surface area contributed by atoms with E-state index in [1.54, 1.807) is 4.90 Å². The van der Waals surface area contributed by atoms with Crippen LogP contribution in [0.5, 0.6) is 0 Å². The summed E-state index contributed by atoms with van der Waals surface area (Å²) in [6.07, 6.45) is 6.69. The average Bonchev–Trinajstić information content (AvgIpc) is 2.91. The maximum absolute atomic E-state index is 12.6. The quantitative estimate of drug-likeness (QED) is 0.668. The Bertz CT molecular complexity index is 304. The third-order valence-electron chi connectivity index (χ3n) is 3.90. The number of carbonyl (C=O) groups excluding carboxylic acids is 2. The van der Waals surface area contributed by atoms with E-state index in [2.05, 4.69) is 13.8 Å². The molecule has 0 saturated carbocycles. The molecule has 0 aromatic carbocycles. The highest BCUT2D eigenvalue weighted by molar-refractivity contribution is 5.86. The predicted molar refractivity (Wildman–Crippen MR) is 74.7 cm³/mol. The number of methoxy groups -OCH3 is 1. The van der Waals surface area contributed by atoms with Gasteiger partial charge in [0.15, 0.2) is 0 Å². The third-order valence-corrected chi connectivity index (χ3v) is 3.90. The van der Waals surface area contributed by atoms with E-state index in [-0.39, 0.29) is 23.8 Å². The van der Waals surface area contributed by atoms with Crippen molar-refractivity contribution in [2.45, 2.75) is 64.8 Å². The van der Waals surface area contributed by atoms with Crippen molar-refractivity contribution in [2.75, 3.05) is 13.7 Å². The summed E-state index contributed by atoms with van der Waals surface area (Å²) in [5.41, 5.74) is 0. The highest BCUT2D eigenvalue weighted by atomic mass is 16.5. The molecular formula is C15H27NO3. The van der Waals surface area contributed by atoms with Crippen molar-refractivity contribution >= 4 is 11.9 Å². The number of unbranched alkanes of at least 4 members (excludes halogenated alkanes) is 1. The van der Waals surface area contributed by atoms with E-state index in [1.807, 2.05) is 0 Å². The number of esters is 1. The van der Waals surface area contributed by atoms with E-state index >= 15 is 0 Å². The van der Waals surface area contributed by atoms with E-state index in [0.717, 1.165) is 44.9 Å². The molecule has 1 saturated heterocycles. The van der Waals surface area contributed by atoms with E-state index in [4.69, 9.17) is 4.74 Å². The second-order valence-corrected chi connectivity index (χ2v) is 5.34. The van der Waals surface area contributed by atoms with Gasteiger partial charge in [-0.15, -0.1) is 0 Å². The van der Waals surface area contributed by atoms with E-state index < -0.39 is 0 Å². The van der Waals surface area contributed by atoms with Crippen LogP contribution in [-0.2, 0) is 14.3 Å². The molecule has 110 valence electrons. The molecule has 1 aliphatic heterocycles. The molecule has 4 heteroatoms. The summed E-state index contributed by atoms with van der Waals surface area (Å²) in [4.78, 5) is 26.0. The predicted octanol–water partition coefficient (Wildman–Crippen LogP) is 2.76. The van der Waals surface area contributed by atoms with Gasteiger partial charge in [0.1, 0.15) is 6.04 Å². The SMILES string of the molecule is CCCCC(CCC)C(=O)N1CCCC1C(=O)OC. The molecule has 0 aromatic heterocycles. The maximum Gasteiger partial charge on any atom is 0.328 e. The van der Waals surface area contributed by atoms with Gasteiger partial charge in [0.25, 0.3) is 0 Å². The van der Waals surface area contributed by atoms with Crippen molar-refractivity contribution in [1.29, 1.82) is 0 Å². The molecule has 1 rings (SSSR count). The van der Waals surface area contributed by atoms with Crippen molar-refractivity contribution in [1.82, 2.24) is 4.90 Å². The minimum atomic E-state index is -0.349. The molecule has 0 N–H and O–H groups in total. The minimum absolute atomic E-state index is 0.0789. The molecule has 4 nitrogen and oxygen atoms in total. The first-order valence-electron chi connectivity index (χ1n) is 7.53. The van der Waals surface area contributed by atoms with E-state index in [9.17, 15) is 9.59 Å². The van der Waals surface area contributed by atoms with Crippen LogP contribution in [-0.4, -0.2) is 36.5 Å². The van der Waals surface area contributed by atoms with Gasteiger partial charge in [-0.05, 0) is 25.7 Å². The fourth-order valence-electron chi connectivity index (χ4n) is 2.84. The van der Waals surface area contributed by atoms with Gasteiger partial charge in [0.05, 0.1) is 7.11 Å². The Morgan fingerprint density at radius 1 is 1.26 bits per heavy atom. The van der Waals surface area contributed by atoms with Crippen molar-refractivity contribution in [3.8, 4) is 0 Å². The Kier molecular flexibility index (Phi) is 6.89. The smallest absolute Gasteiger partial charge is 0.328 e. The minimum Gasteiger partial charge on any atom is -0.467 e. The molecule has 19 heavy (non-hydrogen) atoms. The number of ether oxygens (including phenoxy) is 1. The lowest BCUT2D eigenvalue weighted by molar-refractivity contribution is -0.152. The summed E-state index contributed by atoms with van der Waals surface area (Å²) in [5.74, 6) is -0.0324. The van der Waals surface area contributed by atoms with Crippen molar-refractivity contribution in [2.24, 2.45) is 5.92 Å². The normalized spacial score (nSPS) is 20.4. The number of hydrogen-bond acceptors (Lipinski definition) is 3. The van der Waals surface area contributed by atoms with Gasteiger partial charge in [-0.2, -0.15) is 0 Å². The molecule has 0 bridgehead atoms. The number of hydrogen-bond donors (Lipinski definition) is 0. The molecule has 1 aliphatic rings. The molecule has 0 aliphatic carbocycles. The van der Waals surface area contributed by atoms with Gasteiger partial charge >= 0.3 is 5.97 Å². The molecule has 0 spiro atoms. The standard InChI is InChI=1S/C15H27NO3/c1-4-6-9-12(8-5-2)14(17)16-11-7-10-13(16)15(18)19-3/h12-13H,4-11H2,1-3H3. The zero-order valence-electron chi connectivity index (χ0n) is 12.5. The zero-order valence-corrected chi connectivity index (χ0v) is 12.5. The van der Waals surface area contributed by atoms with Crippen LogP contribution in [0, 0.1) is 5.92 Å².